The summed E-state index contributed by atoms with van der Waals surface area (Å²) in [5, 5.41) is 12.6. The number of allylic oxidation sites excluding steroid dienone is 3. The van der Waals surface area contributed by atoms with E-state index in [9.17, 15) is 5.11 Å². The van der Waals surface area contributed by atoms with Gasteiger partial charge in [-0.05, 0) is 30.8 Å². The number of ether oxygens (including phenoxy) is 1. The Bertz CT molecular complexity index is 317. The van der Waals surface area contributed by atoms with Crippen molar-refractivity contribution < 1.29 is 9.84 Å². The van der Waals surface area contributed by atoms with Crippen molar-refractivity contribution in [2.45, 2.75) is 47.1 Å². The van der Waals surface area contributed by atoms with E-state index in [2.05, 4.69) is 45.2 Å². The fourth-order valence-corrected chi connectivity index (χ4v) is 1.81. The van der Waals surface area contributed by atoms with Gasteiger partial charge in [0.05, 0.1) is 6.10 Å². The molecule has 3 heteroatoms. The number of hydrogen-bond acceptors (Lipinski definition) is 3. The molecular formula is C16H31NO2. The van der Waals surface area contributed by atoms with Crippen LogP contribution < -0.4 is 5.32 Å². The molecule has 112 valence electrons. The molecule has 0 aliphatic rings. The lowest BCUT2D eigenvalue weighted by molar-refractivity contribution is 0.142. The lowest BCUT2D eigenvalue weighted by atomic mass is 9.82. The lowest BCUT2D eigenvalue weighted by Gasteiger charge is -2.25. The fraction of sp³-hybridized carbons (Fsp3) is 0.750. The highest BCUT2D eigenvalue weighted by Gasteiger charge is 2.19. The van der Waals surface area contributed by atoms with Crippen LogP contribution in [0.15, 0.2) is 23.4 Å². The molecule has 0 saturated carbocycles. The van der Waals surface area contributed by atoms with Gasteiger partial charge >= 0.3 is 0 Å². The molecule has 0 aliphatic heterocycles. The third-order valence-corrected chi connectivity index (χ3v) is 3.41. The molecule has 0 saturated heterocycles. The minimum Gasteiger partial charge on any atom is -0.396 e. The van der Waals surface area contributed by atoms with Crippen molar-refractivity contribution in [1.29, 1.82) is 0 Å². The summed E-state index contributed by atoms with van der Waals surface area (Å²) in [5.74, 6) is 0.470. The highest BCUT2D eigenvalue weighted by molar-refractivity contribution is 5.21. The van der Waals surface area contributed by atoms with Crippen LogP contribution in [-0.2, 0) is 4.74 Å². The SMILES string of the molecule is CN/C(=C/C=C(\CC(C)(C)CO)C(C)C)C(C)OC. The first-order valence-electron chi connectivity index (χ1n) is 6.99. The van der Waals surface area contributed by atoms with E-state index in [1.54, 1.807) is 7.11 Å². The molecule has 0 amide bonds. The van der Waals surface area contributed by atoms with E-state index in [0.29, 0.717) is 5.92 Å². The Kier molecular flexibility index (Phi) is 8.03. The van der Waals surface area contributed by atoms with Gasteiger partial charge < -0.3 is 15.2 Å². The van der Waals surface area contributed by atoms with Gasteiger partial charge in [0.15, 0.2) is 0 Å². The van der Waals surface area contributed by atoms with Gasteiger partial charge in [0.2, 0.25) is 0 Å². The minimum absolute atomic E-state index is 0.0560. The van der Waals surface area contributed by atoms with Crippen molar-refractivity contribution in [2.24, 2.45) is 11.3 Å². The van der Waals surface area contributed by atoms with Crippen LogP contribution in [0.5, 0.6) is 0 Å². The number of aliphatic hydroxyl groups is 1. The van der Waals surface area contributed by atoms with Crippen molar-refractivity contribution in [3.63, 3.8) is 0 Å². The maximum Gasteiger partial charge on any atom is 0.0937 e. The van der Waals surface area contributed by atoms with E-state index in [4.69, 9.17) is 4.74 Å². The Balaban J connectivity index is 5.08. The number of likely N-dealkylation sites (N-methyl/N-ethyl adjacent to an activating group) is 1. The Morgan fingerprint density at radius 1 is 1.26 bits per heavy atom. The molecule has 1 atom stereocenters. The van der Waals surface area contributed by atoms with E-state index >= 15 is 0 Å². The van der Waals surface area contributed by atoms with Gasteiger partial charge in [-0.2, -0.15) is 0 Å². The van der Waals surface area contributed by atoms with E-state index in [1.807, 2.05) is 14.0 Å². The topological polar surface area (TPSA) is 41.5 Å². The van der Waals surface area contributed by atoms with Crippen molar-refractivity contribution in [1.82, 2.24) is 5.32 Å². The van der Waals surface area contributed by atoms with Crippen LogP contribution in [0.4, 0.5) is 0 Å². The van der Waals surface area contributed by atoms with E-state index in [-0.39, 0.29) is 18.1 Å². The number of methoxy groups -OCH3 is 1. The first-order chi connectivity index (χ1) is 8.77. The maximum atomic E-state index is 9.40. The molecule has 19 heavy (non-hydrogen) atoms. The summed E-state index contributed by atoms with van der Waals surface area (Å²) in [6.07, 6.45) is 5.19. The normalized spacial score (nSPS) is 15.8. The predicted octanol–water partition coefficient (Wildman–Crippen LogP) is 3.12. The smallest absolute Gasteiger partial charge is 0.0937 e. The van der Waals surface area contributed by atoms with Crippen LogP contribution in [0.3, 0.4) is 0 Å². The molecule has 0 rings (SSSR count). The van der Waals surface area contributed by atoms with Crippen LogP contribution in [0.2, 0.25) is 0 Å². The standard InChI is InChI=1S/C16H31NO2/c1-12(2)14(10-16(4,5)11-18)8-9-15(17-6)13(3)19-7/h8-9,12-13,17-18H,10-11H2,1-7H3/b14-8+,15-9+. The van der Waals surface area contributed by atoms with Gasteiger partial charge in [-0.3, -0.25) is 0 Å². The first-order valence-corrected chi connectivity index (χ1v) is 6.99. The zero-order valence-electron chi connectivity index (χ0n) is 13.6. The number of aliphatic hydroxyl groups excluding tert-OH is 1. The molecule has 0 radical (unpaired) electrons. The second-order valence-corrected chi connectivity index (χ2v) is 6.15. The summed E-state index contributed by atoms with van der Waals surface area (Å²) >= 11 is 0. The van der Waals surface area contributed by atoms with Gasteiger partial charge in [-0.1, -0.05) is 39.3 Å². The second kappa shape index (κ2) is 8.39. The summed E-state index contributed by atoms with van der Waals surface area (Å²) in [6, 6.07) is 0. The molecule has 3 nitrogen and oxygen atoms in total. The quantitative estimate of drug-likeness (QED) is 0.665. The average molecular weight is 269 g/mol. The molecule has 0 fully saturated rings. The molecule has 0 bridgehead atoms. The number of nitrogens with one attached hydrogen (secondary N) is 1. The second-order valence-electron chi connectivity index (χ2n) is 6.15. The third kappa shape index (κ3) is 6.79. The summed E-state index contributed by atoms with van der Waals surface area (Å²) in [4.78, 5) is 0. The summed E-state index contributed by atoms with van der Waals surface area (Å²) in [7, 11) is 3.61. The van der Waals surface area contributed by atoms with Crippen molar-refractivity contribution in [3.05, 3.63) is 23.4 Å². The number of hydrogen-bond donors (Lipinski definition) is 2. The molecule has 0 aromatic carbocycles. The van der Waals surface area contributed by atoms with E-state index in [0.717, 1.165) is 12.1 Å². The van der Waals surface area contributed by atoms with Crippen LogP contribution in [0.25, 0.3) is 0 Å². The van der Waals surface area contributed by atoms with Gasteiger partial charge in [0, 0.05) is 26.5 Å². The van der Waals surface area contributed by atoms with Crippen LogP contribution in [0.1, 0.15) is 41.0 Å². The Labute approximate surface area is 118 Å². The zero-order chi connectivity index (χ0) is 15.1. The fourth-order valence-electron chi connectivity index (χ4n) is 1.81. The van der Waals surface area contributed by atoms with Gasteiger partial charge in [0.1, 0.15) is 0 Å². The highest BCUT2D eigenvalue weighted by atomic mass is 16.5. The Morgan fingerprint density at radius 3 is 2.21 bits per heavy atom. The van der Waals surface area contributed by atoms with E-state index in [1.165, 1.54) is 5.57 Å². The van der Waals surface area contributed by atoms with Gasteiger partial charge in [-0.25, -0.2) is 0 Å². The molecule has 0 spiro atoms. The van der Waals surface area contributed by atoms with Crippen molar-refractivity contribution >= 4 is 0 Å². The largest absolute Gasteiger partial charge is 0.396 e. The molecule has 0 aliphatic carbocycles. The van der Waals surface area contributed by atoms with Crippen LogP contribution in [-0.4, -0.2) is 32.0 Å². The molecule has 2 N–H and O–H groups in total. The maximum absolute atomic E-state index is 9.40. The minimum atomic E-state index is -0.0728. The highest BCUT2D eigenvalue weighted by Crippen LogP contribution is 2.28. The van der Waals surface area contributed by atoms with Crippen molar-refractivity contribution in [2.75, 3.05) is 20.8 Å². The summed E-state index contributed by atoms with van der Waals surface area (Å²) < 4.78 is 5.32. The third-order valence-electron chi connectivity index (χ3n) is 3.41. The summed E-state index contributed by atoms with van der Waals surface area (Å²) in [5.41, 5.74) is 2.33. The lowest BCUT2D eigenvalue weighted by Crippen LogP contribution is -2.20. The monoisotopic (exact) mass is 269 g/mol. The predicted molar refractivity (Wildman–Crippen MR) is 82.0 cm³/mol. The molecule has 0 aromatic heterocycles. The average Bonchev–Trinajstić information content (AvgIpc) is 2.37. The molecule has 1 unspecified atom stereocenters. The Hall–Kier alpha value is -0.800. The van der Waals surface area contributed by atoms with Crippen LogP contribution in [0, 0.1) is 11.3 Å². The van der Waals surface area contributed by atoms with E-state index < -0.39 is 0 Å². The van der Waals surface area contributed by atoms with Gasteiger partial charge in [0.25, 0.3) is 0 Å². The zero-order valence-corrected chi connectivity index (χ0v) is 13.6. The number of rotatable bonds is 8. The Morgan fingerprint density at radius 2 is 1.84 bits per heavy atom. The van der Waals surface area contributed by atoms with Crippen LogP contribution >= 0.6 is 0 Å². The molecule has 0 aromatic rings. The molecular weight excluding hydrogens is 238 g/mol. The summed E-state index contributed by atoms with van der Waals surface area (Å²) in [6.45, 7) is 10.8. The van der Waals surface area contributed by atoms with Crippen molar-refractivity contribution in [3.8, 4) is 0 Å². The molecule has 0 heterocycles. The van der Waals surface area contributed by atoms with Gasteiger partial charge in [-0.15, -0.1) is 0 Å². The first kappa shape index (κ1) is 18.2.